The van der Waals surface area contributed by atoms with Gasteiger partial charge in [0, 0.05) is 5.69 Å². The third-order valence-corrected chi connectivity index (χ3v) is 6.97. The second-order valence-electron chi connectivity index (χ2n) is 6.09. The lowest BCUT2D eigenvalue weighted by Crippen LogP contribution is -2.15. The van der Waals surface area contributed by atoms with Crippen molar-refractivity contribution in [1.29, 1.82) is 0 Å². The average molecular weight is 427 g/mol. The number of hydrogen-bond donors (Lipinski definition) is 1. The number of nitrogens with zero attached hydrogens (tertiary/aromatic N) is 3. The maximum atomic E-state index is 12.5. The number of amides is 1. The molecule has 0 unspecified atom stereocenters. The topological polar surface area (TPSA) is 67.8 Å². The van der Waals surface area contributed by atoms with Crippen LogP contribution in [-0.2, 0) is 11.2 Å². The van der Waals surface area contributed by atoms with E-state index in [2.05, 4.69) is 27.4 Å². The van der Waals surface area contributed by atoms with Gasteiger partial charge in [0.15, 0.2) is 0 Å². The number of aryl methyl sites for hydroxylation is 2. The molecule has 28 heavy (non-hydrogen) atoms. The zero-order chi connectivity index (χ0) is 19.5. The van der Waals surface area contributed by atoms with Crippen molar-refractivity contribution in [1.82, 2.24) is 15.2 Å². The number of anilines is 1. The molecule has 3 heterocycles. The highest BCUT2D eigenvalue weighted by Crippen LogP contribution is 2.36. The molecule has 0 atom stereocenters. The van der Waals surface area contributed by atoms with E-state index in [0.29, 0.717) is 5.03 Å². The van der Waals surface area contributed by atoms with Crippen molar-refractivity contribution in [3.63, 3.8) is 0 Å². The van der Waals surface area contributed by atoms with Gasteiger partial charge in [0.1, 0.15) is 16.2 Å². The Morgan fingerprint density at radius 1 is 1.18 bits per heavy atom. The second-order valence-corrected chi connectivity index (χ2v) is 9.20. The molecule has 4 aromatic rings. The molecule has 142 valence electrons. The van der Waals surface area contributed by atoms with Gasteiger partial charge in [-0.05, 0) is 36.4 Å². The van der Waals surface area contributed by atoms with E-state index in [-0.39, 0.29) is 11.7 Å². The Labute approximate surface area is 175 Å². The zero-order valence-corrected chi connectivity index (χ0v) is 17.9. The number of carbonyl (C=O) groups is 1. The highest BCUT2D eigenvalue weighted by atomic mass is 32.2. The molecule has 0 radical (unpaired) electrons. The number of thiazole rings is 1. The van der Waals surface area contributed by atoms with Gasteiger partial charge in [0.05, 0.1) is 20.3 Å². The van der Waals surface area contributed by atoms with Crippen LogP contribution < -0.4 is 5.32 Å². The maximum Gasteiger partial charge on any atom is 0.234 e. The lowest BCUT2D eigenvalue weighted by molar-refractivity contribution is -0.113. The summed E-state index contributed by atoms with van der Waals surface area (Å²) < 4.78 is 1.02. The summed E-state index contributed by atoms with van der Waals surface area (Å²) >= 11 is 4.62. The lowest BCUT2D eigenvalue weighted by Gasteiger charge is -2.09. The van der Waals surface area contributed by atoms with E-state index in [1.54, 1.807) is 22.7 Å². The average Bonchev–Trinajstić information content (AvgIpc) is 3.36. The Morgan fingerprint density at radius 3 is 2.82 bits per heavy atom. The Hall–Kier alpha value is -2.29. The summed E-state index contributed by atoms with van der Waals surface area (Å²) in [7, 11) is 0. The van der Waals surface area contributed by atoms with Gasteiger partial charge in [0.2, 0.25) is 5.91 Å². The Morgan fingerprint density at radius 2 is 2.04 bits per heavy atom. The van der Waals surface area contributed by atoms with Crippen molar-refractivity contribution in [2.75, 3.05) is 11.1 Å². The number of thiophene rings is 1. The highest BCUT2D eigenvalue weighted by molar-refractivity contribution is 8.00. The Kier molecular flexibility index (Phi) is 5.70. The molecular formula is C20H18N4OS3. The molecule has 4 rings (SSSR count). The quantitative estimate of drug-likeness (QED) is 0.417. The van der Waals surface area contributed by atoms with Crippen LogP contribution in [0.3, 0.4) is 0 Å². The van der Waals surface area contributed by atoms with Crippen LogP contribution >= 0.6 is 34.4 Å². The number of rotatable bonds is 6. The second kappa shape index (κ2) is 8.38. The normalized spacial score (nSPS) is 11.1. The third-order valence-electron chi connectivity index (χ3n) is 4.16. The van der Waals surface area contributed by atoms with E-state index in [0.717, 1.165) is 43.5 Å². The van der Waals surface area contributed by atoms with Crippen LogP contribution in [0.5, 0.6) is 0 Å². The first-order valence-corrected chi connectivity index (χ1v) is 11.5. The molecule has 1 N–H and O–H groups in total. The number of para-hydroxylation sites is 1. The molecule has 0 aliphatic rings. The minimum absolute atomic E-state index is 0.0601. The van der Waals surface area contributed by atoms with E-state index in [4.69, 9.17) is 0 Å². The number of hydrogen-bond acceptors (Lipinski definition) is 7. The zero-order valence-electron chi connectivity index (χ0n) is 15.4. The maximum absolute atomic E-state index is 12.5. The van der Waals surface area contributed by atoms with Crippen LogP contribution in [0, 0.1) is 6.92 Å². The van der Waals surface area contributed by atoms with Gasteiger partial charge in [0.25, 0.3) is 0 Å². The van der Waals surface area contributed by atoms with Crippen LogP contribution in [0.1, 0.15) is 17.5 Å². The molecular weight excluding hydrogens is 408 g/mol. The molecule has 1 aromatic carbocycles. The number of benzene rings is 1. The summed E-state index contributed by atoms with van der Waals surface area (Å²) in [6, 6.07) is 11.9. The van der Waals surface area contributed by atoms with Gasteiger partial charge in [-0.3, -0.25) is 4.79 Å². The summed E-state index contributed by atoms with van der Waals surface area (Å²) in [6.07, 6.45) is 0.873. The van der Waals surface area contributed by atoms with E-state index in [9.17, 15) is 4.79 Å². The van der Waals surface area contributed by atoms with Crippen molar-refractivity contribution >= 4 is 56.2 Å². The molecule has 0 aliphatic carbocycles. The molecule has 0 fully saturated rings. The van der Waals surface area contributed by atoms with Crippen molar-refractivity contribution in [2.45, 2.75) is 25.3 Å². The largest absolute Gasteiger partial charge is 0.325 e. The molecule has 8 heteroatoms. The molecule has 1 amide bonds. The fraction of sp³-hybridized carbons (Fsp3) is 0.200. The van der Waals surface area contributed by atoms with Crippen molar-refractivity contribution in [2.24, 2.45) is 0 Å². The van der Waals surface area contributed by atoms with Gasteiger partial charge >= 0.3 is 0 Å². The first kappa shape index (κ1) is 19.0. The minimum Gasteiger partial charge on any atom is -0.325 e. The van der Waals surface area contributed by atoms with Crippen molar-refractivity contribution in [3.8, 4) is 10.6 Å². The smallest absolute Gasteiger partial charge is 0.234 e. The van der Waals surface area contributed by atoms with E-state index in [1.807, 2.05) is 48.7 Å². The number of fused-ring (bicyclic) bond motifs is 1. The third kappa shape index (κ3) is 3.94. The Bertz CT molecular complexity index is 1120. The van der Waals surface area contributed by atoms with Crippen LogP contribution in [0.25, 0.3) is 20.8 Å². The molecule has 0 spiro atoms. The van der Waals surface area contributed by atoms with Crippen molar-refractivity contribution < 1.29 is 4.79 Å². The predicted molar refractivity (Wildman–Crippen MR) is 118 cm³/mol. The van der Waals surface area contributed by atoms with Gasteiger partial charge in [-0.1, -0.05) is 43.0 Å². The monoisotopic (exact) mass is 426 g/mol. The van der Waals surface area contributed by atoms with E-state index in [1.165, 1.54) is 11.8 Å². The van der Waals surface area contributed by atoms with Crippen LogP contribution in [0.4, 0.5) is 5.69 Å². The summed E-state index contributed by atoms with van der Waals surface area (Å²) in [6.45, 7) is 4.05. The SMILES string of the molecule is CCc1ccccc1NC(=O)CSc1nnc(-c2cccs2)c2sc(C)nc12. The van der Waals surface area contributed by atoms with Gasteiger partial charge < -0.3 is 5.32 Å². The number of nitrogens with one attached hydrogen (secondary N) is 1. The predicted octanol–water partition coefficient (Wildman–Crippen LogP) is 5.42. The summed E-state index contributed by atoms with van der Waals surface area (Å²) in [5.41, 5.74) is 3.68. The minimum atomic E-state index is -0.0601. The number of thioether (sulfide) groups is 1. The molecule has 0 aliphatic heterocycles. The molecule has 0 saturated carbocycles. The van der Waals surface area contributed by atoms with Gasteiger partial charge in [-0.15, -0.1) is 32.9 Å². The first-order valence-electron chi connectivity index (χ1n) is 8.84. The molecule has 3 aromatic heterocycles. The first-order chi connectivity index (χ1) is 13.7. The van der Waals surface area contributed by atoms with Crippen LogP contribution in [0.2, 0.25) is 0 Å². The van der Waals surface area contributed by atoms with E-state index < -0.39 is 0 Å². The van der Waals surface area contributed by atoms with Gasteiger partial charge in [-0.25, -0.2) is 4.98 Å². The Balaban J connectivity index is 1.54. The van der Waals surface area contributed by atoms with Crippen LogP contribution in [-0.4, -0.2) is 26.8 Å². The van der Waals surface area contributed by atoms with E-state index >= 15 is 0 Å². The fourth-order valence-electron chi connectivity index (χ4n) is 2.86. The summed E-state index contributed by atoms with van der Waals surface area (Å²) in [4.78, 5) is 18.2. The standard InChI is InChI=1S/C20H18N4OS3/c1-3-13-7-4-5-8-14(13)22-16(25)11-27-20-18-19(28-12(2)21-18)17(23-24-20)15-9-6-10-26-15/h4-10H,3,11H2,1-2H3,(H,22,25). The summed E-state index contributed by atoms with van der Waals surface area (Å²) in [5.74, 6) is 0.201. The molecule has 5 nitrogen and oxygen atoms in total. The van der Waals surface area contributed by atoms with Crippen LogP contribution in [0.15, 0.2) is 46.8 Å². The lowest BCUT2D eigenvalue weighted by atomic mass is 10.1. The molecule has 0 saturated heterocycles. The summed E-state index contributed by atoms with van der Waals surface area (Å²) in [5, 5.41) is 15.5. The van der Waals surface area contributed by atoms with Gasteiger partial charge in [-0.2, -0.15) is 0 Å². The number of aromatic nitrogens is 3. The van der Waals surface area contributed by atoms with Crippen molar-refractivity contribution in [3.05, 3.63) is 52.3 Å². The molecule has 0 bridgehead atoms. The number of carbonyl (C=O) groups excluding carboxylic acids is 1. The fourth-order valence-corrected chi connectivity index (χ4v) is 5.35. The highest BCUT2D eigenvalue weighted by Gasteiger charge is 2.17.